The van der Waals surface area contributed by atoms with E-state index < -0.39 is 0 Å². The molecule has 1 saturated heterocycles. The average molecular weight is 218 g/mol. The minimum Gasteiger partial charge on any atom is -0.381 e. The van der Waals surface area contributed by atoms with Gasteiger partial charge >= 0.3 is 0 Å². The molecule has 2 heteroatoms. The van der Waals surface area contributed by atoms with Crippen molar-refractivity contribution in [1.82, 2.24) is 0 Å². The van der Waals surface area contributed by atoms with Crippen molar-refractivity contribution in [1.29, 1.82) is 0 Å². The van der Waals surface area contributed by atoms with Crippen LogP contribution in [-0.4, -0.2) is 19.0 Å². The lowest BCUT2D eigenvalue weighted by Gasteiger charge is -2.21. The molecule has 0 bridgehead atoms. The fraction of sp³-hybridized carbons (Fsp3) is 0.500. The highest BCUT2D eigenvalue weighted by Gasteiger charge is 2.18. The third kappa shape index (κ3) is 2.92. The molecule has 0 N–H and O–H groups in total. The largest absolute Gasteiger partial charge is 0.381 e. The predicted octanol–water partition coefficient (Wildman–Crippen LogP) is 2.99. The molecule has 1 heterocycles. The topological polar surface area (TPSA) is 26.3 Å². The van der Waals surface area contributed by atoms with E-state index in [-0.39, 0.29) is 5.78 Å². The molecule has 16 heavy (non-hydrogen) atoms. The smallest absolute Gasteiger partial charge is 0.163 e. The Morgan fingerprint density at radius 3 is 2.81 bits per heavy atom. The van der Waals surface area contributed by atoms with Crippen LogP contribution in [0.3, 0.4) is 0 Å². The van der Waals surface area contributed by atoms with E-state index in [0.717, 1.165) is 37.2 Å². The normalized spacial score (nSPS) is 17.3. The average Bonchev–Trinajstić information content (AvgIpc) is 2.30. The van der Waals surface area contributed by atoms with Gasteiger partial charge in [0.15, 0.2) is 5.78 Å². The summed E-state index contributed by atoms with van der Waals surface area (Å²) in [5, 5.41) is 0. The van der Waals surface area contributed by atoms with Gasteiger partial charge in [0.25, 0.3) is 0 Å². The van der Waals surface area contributed by atoms with E-state index in [4.69, 9.17) is 4.74 Å². The van der Waals surface area contributed by atoms with Gasteiger partial charge in [-0.1, -0.05) is 23.8 Å². The van der Waals surface area contributed by atoms with Gasteiger partial charge < -0.3 is 4.74 Å². The van der Waals surface area contributed by atoms with Crippen LogP contribution in [0.1, 0.15) is 35.2 Å². The van der Waals surface area contributed by atoms with Gasteiger partial charge in [-0.25, -0.2) is 0 Å². The standard InChI is InChI=1S/C14H18O2/c1-11-3-2-4-13(9-11)14(15)10-12-5-7-16-8-6-12/h2-4,9,12H,5-8,10H2,1H3. The number of Topliss-reactive ketones (excluding diaryl/α,β-unsaturated/α-hetero) is 1. The Hall–Kier alpha value is -1.15. The second-order valence-corrected chi connectivity index (χ2v) is 4.55. The van der Waals surface area contributed by atoms with Crippen LogP contribution in [0.15, 0.2) is 24.3 Å². The molecule has 1 fully saturated rings. The highest BCUT2D eigenvalue weighted by molar-refractivity contribution is 5.96. The van der Waals surface area contributed by atoms with Crippen molar-refractivity contribution in [2.75, 3.05) is 13.2 Å². The maximum atomic E-state index is 12.0. The molecule has 1 aliphatic heterocycles. The van der Waals surface area contributed by atoms with Crippen molar-refractivity contribution in [3.63, 3.8) is 0 Å². The summed E-state index contributed by atoms with van der Waals surface area (Å²) in [6, 6.07) is 7.86. The molecule has 0 spiro atoms. The predicted molar refractivity (Wildman–Crippen MR) is 63.7 cm³/mol. The maximum Gasteiger partial charge on any atom is 0.163 e. The Kier molecular flexibility index (Phi) is 3.73. The number of hydrogen-bond acceptors (Lipinski definition) is 2. The van der Waals surface area contributed by atoms with E-state index >= 15 is 0 Å². The number of hydrogen-bond donors (Lipinski definition) is 0. The first-order valence-corrected chi connectivity index (χ1v) is 5.93. The molecule has 0 atom stereocenters. The van der Waals surface area contributed by atoms with E-state index in [1.807, 2.05) is 31.2 Å². The van der Waals surface area contributed by atoms with Crippen LogP contribution in [0.5, 0.6) is 0 Å². The van der Waals surface area contributed by atoms with E-state index in [1.54, 1.807) is 0 Å². The molecule has 86 valence electrons. The Morgan fingerprint density at radius 1 is 1.38 bits per heavy atom. The van der Waals surface area contributed by atoms with Gasteiger partial charge in [-0.2, -0.15) is 0 Å². The number of carbonyl (C=O) groups excluding carboxylic acids is 1. The van der Waals surface area contributed by atoms with Gasteiger partial charge in [0.05, 0.1) is 0 Å². The van der Waals surface area contributed by atoms with Gasteiger partial charge in [-0.3, -0.25) is 4.79 Å². The fourth-order valence-corrected chi connectivity index (χ4v) is 2.15. The first-order chi connectivity index (χ1) is 7.75. The van der Waals surface area contributed by atoms with Crippen molar-refractivity contribution < 1.29 is 9.53 Å². The number of ketones is 1. The number of carbonyl (C=O) groups is 1. The third-order valence-corrected chi connectivity index (χ3v) is 3.15. The number of benzene rings is 1. The van der Waals surface area contributed by atoms with Crippen LogP contribution >= 0.6 is 0 Å². The summed E-state index contributed by atoms with van der Waals surface area (Å²) in [6.45, 7) is 3.64. The first-order valence-electron chi connectivity index (χ1n) is 5.93. The molecule has 1 aliphatic rings. The Morgan fingerprint density at radius 2 is 2.12 bits per heavy atom. The Bertz CT molecular complexity index is 365. The summed E-state index contributed by atoms with van der Waals surface area (Å²) in [6.07, 6.45) is 2.72. The third-order valence-electron chi connectivity index (χ3n) is 3.15. The molecule has 0 amide bonds. The summed E-state index contributed by atoms with van der Waals surface area (Å²) >= 11 is 0. The second-order valence-electron chi connectivity index (χ2n) is 4.55. The Balaban J connectivity index is 1.97. The molecule has 0 unspecified atom stereocenters. The van der Waals surface area contributed by atoms with Gasteiger partial charge in [0, 0.05) is 25.2 Å². The second kappa shape index (κ2) is 5.26. The highest BCUT2D eigenvalue weighted by atomic mass is 16.5. The molecule has 0 aromatic heterocycles. The van der Waals surface area contributed by atoms with Gasteiger partial charge in [-0.15, -0.1) is 0 Å². The van der Waals surface area contributed by atoms with E-state index in [0.29, 0.717) is 12.3 Å². The quantitative estimate of drug-likeness (QED) is 0.729. The highest BCUT2D eigenvalue weighted by Crippen LogP contribution is 2.21. The summed E-state index contributed by atoms with van der Waals surface area (Å²) in [5.74, 6) is 0.789. The SMILES string of the molecule is Cc1cccc(C(=O)CC2CCOCC2)c1. The zero-order chi connectivity index (χ0) is 11.4. The molecule has 0 radical (unpaired) electrons. The zero-order valence-electron chi connectivity index (χ0n) is 9.74. The van der Waals surface area contributed by atoms with Crippen molar-refractivity contribution in [2.24, 2.45) is 5.92 Å². The Labute approximate surface area is 96.6 Å². The molecule has 0 saturated carbocycles. The summed E-state index contributed by atoms with van der Waals surface area (Å²) in [5.41, 5.74) is 2.00. The molecular weight excluding hydrogens is 200 g/mol. The lowest BCUT2D eigenvalue weighted by molar-refractivity contribution is 0.0601. The number of aryl methyl sites for hydroxylation is 1. The van der Waals surface area contributed by atoms with Gasteiger partial charge in [-0.05, 0) is 31.7 Å². The maximum absolute atomic E-state index is 12.0. The van der Waals surface area contributed by atoms with Crippen LogP contribution in [0, 0.1) is 12.8 Å². The van der Waals surface area contributed by atoms with E-state index in [1.165, 1.54) is 0 Å². The molecular formula is C14H18O2. The van der Waals surface area contributed by atoms with Crippen molar-refractivity contribution in [3.05, 3.63) is 35.4 Å². The minimum atomic E-state index is 0.274. The van der Waals surface area contributed by atoms with Crippen LogP contribution in [0.25, 0.3) is 0 Å². The lowest BCUT2D eigenvalue weighted by Crippen LogP contribution is -2.18. The van der Waals surface area contributed by atoms with Crippen LogP contribution in [0.4, 0.5) is 0 Å². The lowest BCUT2D eigenvalue weighted by atomic mass is 9.92. The number of ether oxygens (including phenoxy) is 1. The van der Waals surface area contributed by atoms with Crippen molar-refractivity contribution >= 4 is 5.78 Å². The molecule has 0 aliphatic carbocycles. The van der Waals surface area contributed by atoms with Crippen molar-refractivity contribution in [3.8, 4) is 0 Å². The summed E-state index contributed by atoms with van der Waals surface area (Å²) in [7, 11) is 0. The summed E-state index contributed by atoms with van der Waals surface area (Å²) in [4.78, 5) is 12.0. The van der Waals surface area contributed by atoms with Crippen LogP contribution in [-0.2, 0) is 4.74 Å². The zero-order valence-corrected chi connectivity index (χ0v) is 9.74. The monoisotopic (exact) mass is 218 g/mol. The molecule has 2 rings (SSSR count). The molecule has 1 aromatic rings. The number of rotatable bonds is 3. The summed E-state index contributed by atoms with van der Waals surface area (Å²) < 4.78 is 5.29. The van der Waals surface area contributed by atoms with E-state index in [9.17, 15) is 4.79 Å². The van der Waals surface area contributed by atoms with Crippen LogP contribution < -0.4 is 0 Å². The molecule has 1 aromatic carbocycles. The van der Waals surface area contributed by atoms with Gasteiger partial charge in [0.2, 0.25) is 0 Å². The first kappa shape index (κ1) is 11.3. The minimum absolute atomic E-state index is 0.274. The fourth-order valence-electron chi connectivity index (χ4n) is 2.15. The van der Waals surface area contributed by atoms with E-state index in [2.05, 4.69) is 0 Å². The van der Waals surface area contributed by atoms with Gasteiger partial charge in [0.1, 0.15) is 0 Å². The van der Waals surface area contributed by atoms with Crippen LogP contribution in [0.2, 0.25) is 0 Å². The van der Waals surface area contributed by atoms with Crippen molar-refractivity contribution in [2.45, 2.75) is 26.2 Å². The molecule has 2 nitrogen and oxygen atoms in total.